The van der Waals surface area contributed by atoms with Crippen LogP contribution in [0, 0.1) is 6.92 Å². The second-order valence-electron chi connectivity index (χ2n) is 5.75. The molecule has 5 nitrogen and oxygen atoms in total. The average molecular weight is 451 g/mol. The third-order valence-corrected chi connectivity index (χ3v) is 6.50. The number of carbonyl (C=O) groups excluding carboxylic acids is 1. The summed E-state index contributed by atoms with van der Waals surface area (Å²) in [7, 11) is 1.94. The Balaban J connectivity index is 1.66. The lowest BCUT2D eigenvalue weighted by Gasteiger charge is -2.06. The van der Waals surface area contributed by atoms with E-state index in [0.717, 1.165) is 33.1 Å². The highest BCUT2D eigenvalue weighted by molar-refractivity contribution is 9.10. The van der Waals surface area contributed by atoms with E-state index in [2.05, 4.69) is 50.7 Å². The molecule has 0 radical (unpaired) electrons. The summed E-state index contributed by atoms with van der Waals surface area (Å²) in [6, 6.07) is 7.51. The first-order chi connectivity index (χ1) is 12.5. The first-order valence-electron chi connectivity index (χ1n) is 8.14. The van der Waals surface area contributed by atoms with E-state index in [4.69, 9.17) is 0 Å². The van der Waals surface area contributed by atoms with Gasteiger partial charge in [-0.15, -0.1) is 21.5 Å². The Morgan fingerprint density at radius 1 is 1.31 bits per heavy atom. The zero-order chi connectivity index (χ0) is 18.7. The van der Waals surface area contributed by atoms with E-state index < -0.39 is 0 Å². The molecular formula is C18H19BrN4OS2. The number of thiophene rings is 1. The molecule has 2 aromatic heterocycles. The number of nitrogens with zero attached hydrogens (tertiary/aromatic N) is 3. The maximum absolute atomic E-state index is 12.2. The van der Waals surface area contributed by atoms with Crippen molar-refractivity contribution in [2.75, 3.05) is 11.1 Å². The summed E-state index contributed by atoms with van der Waals surface area (Å²) >= 11 is 6.50. The van der Waals surface area contributed by atoms with Crippen molar-refractivity contribution < 1.29 is 4.79 Å². The van der Waals surface area contributed by atoms with Crippen molar-refractivity contribution in [2.24, 2.45) is 7.05 Å². The maximum atomic E-state index is 12.2. The lowest BCUT2D eigenvalue weighted by molar-refractivity contribution is -0.113. The second-order valence-corrected chi connectivity index (χ2v) is 8.69. The lowest BCUT2D eigenvalue weighted by atomic mass is 10.1. The molecule has 0 spiro atoms. The highest BCUT2D eigenvalue weighted by atomic mass is 79.9. The van der Waals surface area contributed by atoms with Gasteiger partial charge >= 0.3 is 0 Å². The van der Waals surface area contributed by atoms with Crippen LogP contribution in [0.25, 0.3) is 11.4 Å². The molecule has 0 saturated heterocycles. The number of anilines is 1. The molecule has 1 aromatic carbocycles. The van der Waals surface area contributed by atoms with Crippen molar-refractivity contribution in [3.05, 3.63) is 44.6 Å². The third kappa shape index (κ3) is 4.19. The van der Waals surface area contributed by atoms with Crippen molar-refractivity contribution >= 4 is 50.6 Å². The molecule has 0 bridgehead atoms. The fraction of sp³-hybridized carbons (Fsp3) is 0.278. The van der Waals surface area contributed by atoms with E-state index in [-0.39, 0.29) is 11.7 Å². The SMILES string of the molecule is CCc1c(-c2nnc(SCC(=O)Nc3ccc(Br)cc3)n2C)csc1C. The Morgan fingerprint density at radius 2 is 2.04 bits per heavy atom. The van der Waals surface area contributed by atoms with Gasteiger partial charge in [0, 0.05) is 33.0 Å². The lowest BCUT2D eigenvalue weighted by Crippen LogP contribution is -2.14. The highest BCUT2D eigenvalue weighted by Gasteiger charge is 2.17. The molecule has 0 fully saturated rings. The number of hydrogen-bond acceptors (Lipinski definition) is 5. The van der Waals surface area contributed by atoms with E-state index in [1.54, 1.807) is 11.3 Å². The predicted octanol–water partition coefficient (Wildman–Crippen LogP) is 4.91. The molecule has 0 atom stereocenters. The van der Waals surface area contributed by atoms with Gasteiger partial charge in [0.05, 0.1) is 5.75 Å². The van der Waals surface area contributed by atoms with Gasteiger partial charge in [0.2, 0.25) is 5.91 Å². The van der Waals surface area contributed by atoms with Crippen LogP contribution in [0.5, 0.6) is 0 Å². The van der Waals surface area contributed by atoms with Crippen LogP contribution in [0.15, 0.2) is 39.3 Å². The summed E-state index contributed by atoms with van der Waals surface area (Å²) in [4.78, 5) is 13.5. The van der Waals surface area contributed by atoms with Gasteiger partial charge < -0.3 is 9.88 Å². The summed E-state index contributed by atoms with van der Waals surface area (Å²) in [6.45, 7) is 4.28. The van der Waals surface area contributed by atoms with Crippen molar-refractivity contribution in [3.63, 3.8) is 0 Å². The smallest absolute Gasteiger partial charge is 0.234 e. The summed E-state index contributed by atoms with van der Waals surface area (Å²) in [6.07, 6.45) is 0.968. The number of benzene rings is 1. The van der Waals surface area contributed by atoms with Crippen LogP contribution in [0.4, 0.5) is 5.69 Å². The Bertz CT molecular complexity index is 918. The minimum atomic E-state index is -0.0671. The average Bonchev–Trinajstić information content (AvgIpc) is 3.17. The Labute approximate surface area is 169 Å². The number of carbonyl (C=O) groups is 1. The molecule has 0 aliphatic carbocycles. The van der Waals surface area contributed by atoms with E-state index in [1.807, 2.05) is 35.9 Å². The Hall–Kier alpha value is -1.64. The first kappa shape index (κ1) is 19.1. The third-order valence-electron chi connectivity index (χ3n) is 3.99. The molecule has 136 valence electrons. The molecule has 3 rings (SSSR count). The first-order valence-corrected chi connectivity index (χ1v) is 10.8. The molecule has 0 aliphatic heterocycles. The fourth-order valence-corrected chi connectivity index (χ4v) is 4.56. The zero-order valence-electron chi connectivity index (χ0n) is 14.7. The van der Waals surface area contributed by atoms with Crippen molar-refractivity contribution in [3.8, 4) is 11.4 Å². The van der Waals surface area contributed by atoms with E-state index in [1.165, 1.54) is 22.2 Å². The van der Waals surface area contributed by atoms with Crippen LogP contribution in [-0.4, -0.2) is 26.4 Å². The largest absolute Gasteiger partial charge is 0.325 e. The monoisotopic (exact) mass is 450 g/mol. The van der Waals surface area contributed by atoms with Gasteiger partial charge in [-0.2, -0.15) is 0 Å². The van der Waals surface area contributed by atoms with Gasteiger partial charge in [-0.3, -0.25) is 4.79 Å². The molecule has 26 heavy (non-hydrogen) atoms. The number of amides is 1. The van der Waals surface area contributed by atoms with Crippen LogP contribution in [0.3, 0.4) is 0 Å². The summed E-state index contributed by atoms with van der Waals surface area (Å²) in [5.41, 5.74) is 3.23. The van der Waals surface area contributed by atoms with Crippen LogP contribution >= 0.6 is 39.0 Å². The molecule has 1 amide bonds. The molecule has 2 heterocycles. The van der Waals surface area contributed by atoms with Gasteiger partial charge in [-0.1, -0.05) is 34.6 Å². The van der Waals surface area contributed by atoms with Crippen molar-refractivity contribution in [1.29, 1.82) is 0 Å². The minimum Gasteiger partial charge on any atom is -0.325 e. The van der Waals surface area contributed by atoms with E-state index >= 15 is 0 Å². The minimum absolute atomic E-state index is 0.0671. The Kier molecular flexibility index (Phi) is 6.16. The molecule has 8 heteroatoms. The van der Waals surface area contributed by atoms with Crippen LogP contribution < -0.4 is 5.32 Å². The number of halogens is 1. The highest BCUT2D eigenvalue weighted by Crippen LogP contribution is 2.31. The number of hydrogen-bond donors (Lipinski definition) is 1. The number of aromatic nitrogens is 3. The zero-order valence-corrected chi connectivity index (χ0v) is 18.0. The number of aryl methyl sites for hydroxylation is 1. The second kappa shape index (κ2) is 8.37. The molecule has 0 saturated carbocycles. The van der Waals surface area contributed by atoms with E-state index in [9.17, 15) is 4.79 Å². The number of rotatable bonds is 6. The Morgan fingerprint density at radius 3 is 2.73 bits per heavy atom. The summed E-state index contributed by atoms with van der Waals surface area (Å²) in [5.74, 6) is 1.07. The van der Waals surface area contributed by atoms with Gasteiger partial charge in [0.15, 0.2) is 11.0 Å². The quantitative estimate of drug-likeness (QED) is 0.542. The number of thioether (sulfide) groups is 1. The van der Waals surface area contributed by atoms with Gasteiger partial charge in [-0.05, 0) is 43.2 Å². The number of nitrogens with one attached hydrogen (secondary N) is 1. The van der Waals surface area contributed by atoms with Crippen molar-refractivity contribution in [1.82, 2.24) is 14.8 Å². The topological polar surface area (TPSA) is 59.8 Å². The molecule has 1 N–H and O–H groups in total. The molecule has 0 aliphatic rings. The molecular weight excluding hydrogens is 432 g/mol. The summed E-state index contributed by atoms with van der Waals surface area (Å²) < 4.78 is 2.93. The van der Waals surface area contributed by atoms with Crippen LogP contribution in [0.2, 0.25) is 0 Å². The van der Waals surface area contributed by atoms with Gasteiger partial charge in [0.1, 0.15) is 0 Å². The fourth-order valence-electron chi connectivity index (χ4n) is 2.64. The molecule has 3 aromatic rings. The van der Waals surface area contributed by atoms with Crippen LogP contribution in [0.1, 0.15) is 17.4 Å². The van der Waals surface area contributed by atoms with Crippen molar-refractivity contribution in [2.45, 2.75) is 25.4 Å². The van der Waals surface area contributed by atoms with E-state index in [0.29, 0.717) is 0 Å². The standard InChI is InChI=1S/C18H19BrN4OS2/c1-4-14-11(2)25-9-15(14)17-21-22-18(23(17)3)26-10-16(24)20-13-7-5-12(19)6-8-13/h5-9H,4,10H2,1-3H3,(H,20,24). The van der Waals surface area contributed by atoms with Crippen LogP contribution in [-0.2, 0) is 18.3 Å². The predicted molar refractivity (Wildman–Crippen MR) is 112 cm³/mol. The summed E-state index contributed by atoms with van der Waals surface area (Å²) in [5, 5.41) is 14.4. The normalized spacial score (nSPS) is 10.9. The van der Waals surface area contributed by atoms with Gasteiger partial charge in [0.25, 0.3) is 0 Å². The van der Waals surface area contributed by atoms with Gasteiger partial charge in [-0.25, -0.2) is 0 Å². The maximum Gasteiger partial charge on any atom is 0.234 e. The molecule has 0 unspecified atom stereocenters.